The van der Waals surface area contributed by atoms with Gasteiger partial charge in [0.1, 0.15) is 0 Å². The molecule has 0 radical (unpaired) electrons. The van der Waals surface area contributed by atoms with Crippen LogP contribution in [0.1, 0.15) is 19.3 Å². The zero-order valence-corrected chi connectivity index (χ0v) is 11.3. The van der Waals surface area contributed by atoms with Gasteiger partial charge in [0, 0.05) is 6.04 Å². The van der Waals surface area contributed by atoms with Crippen molar-refractivity contribution < 1.29 is 9.53 Å². The Kier molecular flexibility index (Phi) is 3.73. The first kappa shape index (κ1) is 12.9. The molecule has 0 saturated carbocycles. The van der Waals surface area contributed by atoms with Gasteiger partial charge < -0.3 is 15.4 Å². The molecule has 102 valence electrons. The van der Waals surface area contributed by atoms with Crippen molar-refractivity contribution in [2.24, 2.45) is 0 Å². The maximum Gasteiger partial charge on any atom is 0.238 e. The summed E-state index contributed by atoms with van der Waals surface area (Å²) in [6, 6.07) is 7.55. The molecule has 1 amide bonds. The number of fused-ring (bicyclic) bond motifs is 2. The van der Waals surface area contributed by atoms with Crippen molar-refractivity contribution in [3.63, 3.8) is 0 Å². The monoisotopic (exact) mass is 280 g/mol. The number of hydrogen-bond donors (Lipinski definition) is 2. The Morgan fingerprint density at radius 1 is 1.37 bits per heavy atom. The van der Waals surface area contributed by atoms with Gasteiger partial charge in [0.15, 0.2) is 0 Å². The van der Waals surface area contributed by atoms with Crippen molar-refractivity contribution in [1.82, 2.24) is 5.32 Å². The summed E-state index contributed by atoms with van der Waals surface area (Å²) in [5, 5.41) is 6.63. The van der Waals surface area contributed by atoms with Crippen LogP contribution in [0.4, 0.5) is 5.69 Å². The van der Waals surface area contributed by atoms with Crippen LogP contribution in [0.5, 0.6) is 0 Å². The molecule has 3 rings (SSSR count). The molecule has 2 aliphatic heterocycles. The van der Waals surface area contributed by atoms with Crippen LogP contribution in [0.3, 0.4) is 0 Å². The second kappa shape index (κ2) is 5.49. The second-order valence-electron chi connectivity index (χ2n) is 5.13. The lowest BCUT2D eigenvalue weighted by molar-refractivity contribution is -0.115. The number of hydrogen-bond acceptors (Lipinski definition) is 3. The lowest BCUT2D eigenvalue weighted by Crippen LogP contribution is -2.41. The molecular formula is C14H17ClN2O2. The summed E-state index contributed by atoms with van der Waals surface area (Å²) < 4.78 is 5.74. The van der Waals surface area contributed by atoms with Gasteiger partial charge in [-0.2, -0.15) is 0 Å². The molecule has 2 heterocycles. The minimum absolute atomic E-state index is 0.0733. The average Bonchev–Trinajstić information content (AvgIpc) is 3.01. The van der Waals surface area contributed by atoms with E-state index in [1.807, 2.05) is 12.1 Å². The Morgan fingerprint density at radius 3 is 2.89 bits per heavy atom. The molecule has 0 spiro atoms. The van der Waals surface area contributed by atoms with Gasteiger partial charge in [0.2, 0.25) is 5.91 Å². The smallest absolute Gasteiger partial charge is 0.238 e. The van der Waals surface area contributed by atoms with E-state index in [1.54, 1.807) is 12.1 Å². The van der Waals surface area contributed by atoms with Gasteiger partial charge in [-0.05, 0) is 31.4 Å². The Morgan fingerprint density at radius 2 is 2.21 bits per heavy atom. The summed E-state index contributed by atoms with van der Waals surface area (Å²) in [4.78, 5) is 11.9. The summed E-state index contributed by atoms with van der Waals surface area (Å²) in [7, 11) is 0. The fourth-order valence-corrected chi connectivity index (χ4v) is 3.02. The lowest BCUT2D eigenvalue weighted by atomic mass is 9.95. The highest BCUT2D eigenvalue weighted by Gasteiger charge is 2.40. The summed E-state index contributed by atoms with van der Waals surface area (Å²) in [5.41, 5.74) is 0.653. The zero-order valence-electron chi connectivity index (χ0n) is 10.6. The first-order valence-corrected chi connectivity index (χ1v) is 7.03. The molecule has 19 heavy (non-hydrogen) atoms. The maximum absolute atomic E-state index is 11.9. The minimum atomic E-state index is -0.0733. The van der Waals surface area contributed by atoms with E-state index < -0.39 is 0 Å². The second-order valence-corrected chi connectivity index (χ2v) is 5.53. The predicted octanol–water partition coefficient (Wildman–Crippen LogP) is 2.19. The van der Waals surface area contributed by atoms with Crippen LogP contribution in [-0.4, -0.2) is 30.7 Å². The van der Waals surface area contributed by atoms with Crippen LogP contribution in [0.25, 0.3) is 0 Å². The van der Waals surface area contributed by atoms with Crippen molar-refractivity contribution in [3.05, 3.63) is 29.3 Å². The molecule has 3 unspecified atom stereocenters. The number of benzene rings is 1. The number of anilines is 1. The van der Waals surface area contributed by atoms with E-state index in [1.165, 1.54) is 0 Å². The molecule has 2 fully saturated rings. The average molecular weight is 281 g/mol. The summed E-state index contributed by atoms with van der Waals surface area (Å²) in [5.74, 6) is -0.0733. The van der Waals surface area contributed by atoms with Crippen LogP contribution >= 0.6 is 11.6 Å². The zero-order chi connectivity index (χ0) is 13.2. The van der Waals surface area contributed by atoms with E-state index in [9.17, 15) is 4.79 Å². The minimum Gasteiger partial charge on any atom is -0.373 e. The van der Waals surface area contributed by atoms with Crippen molar-refractivity contribution in [3.8, 4) is 0 Å². The Balaban J connectivity index is 1.48. The van der Waals surface area contributed by atoms with Crippen LogP contribution < -0.4 is 10.6 Å². The highest BCUT2D eigenvalue weighted by molar-refractivity contribution is 6.33. The predicted molar refractivity (Wildman–Crippen MR) is 74.4 cm³/mol. The third kappa shape index (κ3) is 2.91. The number of halogens is 1. The van der Waals surface area contributed by atoms with Crippen molar-refractivity contribution >= 4 is 23.2 Å². The number of carbonyl (C=O) groups excluding carboxylic acids is 1. The number of amides is 1. The molecule has 0 aromatic heterocycles. The third-order valence-corrected chi connectivity index (χ3v) is 4.11. The van der Waals surface area contributed by atoms with Gasteiger partial charge in [-0.25, -0.2) is 0 Å². The summed E-state index contributed by atoms with van der Waals surface area (Å²) >= 11 is 5.99. The van der Waals surface area contributed by atoms with Crippen molar-refractivity contribution in [2.75, 3.05) is 11.9 Å². The number of nitrogens with one attached hydrogen (secondary N) is 2. The molecule has 2 aliphatic rings. The molecule has 1 aromatic rings. The molecular weight excluding hydrogens is 264 g/mol. The summed E-state index contributed by atoms with van der Waals surface area (Å²) in [6.07, 6.45) is 3.97. The van der Waals surface area contributed by atoms with Gasteiger partial charge in [-0.15, -0.1) is 0 Å². The quantitative estimate of drug-likeness (QED) is 0.889. The number of ether oxygens (including phenoxy) is 1. The van der Waals surface area contributed by atoms with Gasteiger partial charge in [0.05, 0.1) is 29.5 Å². The first-order valence-electron chi connectivity index (χ1n) is 6.65. The van der Waals surface area contributed by atoms with Crippen molar-refractivity contribution in [2.45, 2.75) is 37.5 Å². The normalized spacial score (nSPS) is 28.6. The van der Waals surface area contributed by atoms with Gasteiger partial charge >= 0.3 is 0 Å². The van der Waals surface area contributed by atoms with E-state index in [0.717, 1.165) is 19.3 Å². The first-order chi connectivity index (χ1) is 9.22. The molecule has 5 heteroatoms. The standard InChI is InChI=1S/C14H17ClN2O2/c15-10-3-1-2-4-11(10)17-14(18)8-16-12-7-9-5-6-13(12)19-9/h1-4,9,12-13,16H,5-8H2,(H,17,18). The van der Waals surface area contributed by atoms with E-state index in [4.69, 9.17) is 16.3 Å². The molecule has 1 aromatic carbocycles. The Bertz CT molecular complexity index is 480. The molecule has 4 nitrogen and oxygen atoms in total. The van der Waals surface area contributed by atoms with Gasteiger partial charge in [-0.3, -0.25) is 4.79 Å². The lowest BCUT2D eigenvalue weighted by Gasteiger charge is -2.19. The van der Waals surface area contributed by atoms with Gasteiger partial charge in [-0.1, -0.05) is 23.7 Å². The van der Waals surface area contributed by atoms with Crippen LogP contribution in [0.2, 0.25) is 5.02 Å². The van der Waals surface area contributed by atoms with E-state index >= 15 is 0 Å². The highest BCUT2D eigenvalue weighted by atomic mass is 35.5. The topological polar surface area (TPSA) is 50.4 Å². The maximum atomic E-state index is 11.9. The molecule has 2 saturated heterocycles. The Labute approximate surface area is 117 Å². The highest BCUT2D eigenvalue weighted by Crippen LogP contribution is 2.34. The third-order valence-electron chi connectivity index (χ3n) is 3.78. The number of para-hydroxylation sites is 1. The SMILES string of the molecule is O=C(CNC1CC2CCC1O2)Nc1ccccc1Cl. The van der Waals surface area contributed by atoms with Gasteiger partial charge in [0.25, 0.3) is 0 Å². The van der Waals surface area contributed by atoms with E-state index in [-0.39, 0.29) is 12.0 Å². The number of rotatable bonds is 4. The largest absolute Gasteiger partial charge is 0.373 e. The van der Waals surface area contributed by atoms with E-state index in [2.05, 4.69) is 10.6 Å². The van der Waals surface area contributed by atoms with E-state index in [0.29, 0.717) is 29.4 Å². The Hall–Kier alpha value is -1.10. The fourth-order valence-electron chi connectivity index (χ4n) is 2.83. The summed E-state index contributed by atoms with van der Waals surface area (Å²) in [6.45, 7) is 0.294. The van der Waals surface area contributed by atoms with Crippen LogP contribution in [0, 0.1) is 0 Å². The molecule has 3 atom stereocenters. The molecule has 2 N–H and O–H groups in total. The van der Waals surface area contributed by atoms with Crippen LogP contribution in [0.15, 0.2) is 24.3 Å². The molecule has 0 aliphatic carbocycles. The number of carbonyl (C=O) groups is 1. The van der Waals surface area contributed by atoms with Crippen molar-refractivity contribution in [1.29, 1.82) is 0 Å². The fraction of sp³-hybridized carbons (Fsp3) is 0.500. The van der Waals surface area contributed by atoms with Crippen LogP contribution in [-0.2, 0) is 9.53 Å². The molecule has 2 bridgehead atoms.